The van der Waals surface area contributed by atoms with Gasteiger partial charge >= 0.3 is 0 Å². The summed E-state index contributed by atoms with van der Waals surface area (Å²) in [6.07, 6.45) is 7.11. The molecule has 0 radical (unpaired) electrons. The smallest absolute Gasteiger partial charge is 0.245 e. The van der Waals surface area contributed by atoms with Gasteiger partial charge < -0.3 is 16.0 Å². The van der Waals surface area contributed by atoms with Crippen LogP contribution in [0.5, 0.6) is 0 Å². The topological polar surface area (TPSA) is 102 Å². The van der Waals surface area contributed by atoms with Crippen LogP contribution in [0, 0.1) is 6.92 Å². The van der Waals surface area contributed by atoms with Crippen LogP contribution in [0.2, 0.25) is 0 Å². The molecule has 3 N–H and O–H groups in total. The Hall–Kier alpha value is -4.04. The van der Waals surface area contributed by atoms with Gasteiger partial charge in [0.2, 0.25) is 5.91 Å². The number of nitrogen functional groups attached to an aromatic ring is 1. The van der Waals surface area contributed by atoms with E-state index in [0.29, 0.717) is 17.9 Å². The van der Waals surface area contributed by atoms with E-state index in [2.05, 4.69) is 39.6 Å². The average Bonchev–Trinajstić information content (AvgIpc) is 3.49. The monoisotopic (exact) mass is 493 g/mol. The van der Waals surface area contributed by atoms with Gasteiger partial charge in [-0.25, -0.2) is 15.0 Å². The van der Waals surface area contributed by atoms with Crippen LogP contribution in [0.25, 0.3) is 28.2 Å². The van der Waals surface area contributed by atoms with E-state index >= 15 is 0 Å². The lowest BCUT2D eigenvalue weighted by atomic mass is 10.0. The van der Waals surface area contributed by atoms with Gasteiger partial charge in [-0.05, 0) is 86.2 Å². The van der Waals surface area contributed by atoms with Gasteiger partial charge in [0.05, 0.1) is 5.56 Å². The summed E-state index contributed by atoms with van der Waals surface area (Å²) in [6.45, 7) is 7.16. The third-order valence-electron chi connectivity index (χ3n) is 7.60. The van der Waals surface area contributed by atoms with Gasteiger partial charge in [0.25, 0.3) is 0 Å². The first kappa shape index (κ1) is 23.4. The number of carbonyl (C=O) groups is 1. The summed E-state index contributed by atoms with van der Waals surface area (Å²) in [4.78, 5) is 27.8. The zero-order valence-corrected chi connectivity index (χ0v) is 21.0. The number of piperidine rings is 1. The fourth-order valence-corrected chi connectivity index (χ4v) is 5.68. The van der Waals surface area contributed by atoms with Gasteiger partial charge in [0, 0.05) is 42.8 Å². The van der Waals surface area contributed by atoms with Crippen LogP contribution in [0.3, 0.4) is 0 Å². The molecule has 37 heavy (non-hydrogen) atoms. The molecule has 0 bridgehead atoms. The first-order valence-electron chi connectivity index (χ1n) is 12.9. The predicted octanol–water partition coefficient (Wildman–Crippen LogP) is 4.13. The highest BCUT2D eigenvalue weighted by atomic mass is 16.2. The standard InChI is InChI=1S/C29H31N7O/c1-3-26(37)35-15-12-20(13-16-35)33-24-11-7-19-17-21(8-9-22(19)24)36-28(23-5-4-14-31-27(23)30)34-25-10-6-18(2)32-29(25)36/h3-6,8-10,14,17,20,24,33H,1,7,11-13,15-16H2,2H3,(H2,30,31)/t24-/m0/s1. The van der Waals surface area contributed by atoms with Crippen molar-refractivity contribution in [3.05, 3.63) is 78.1 Å². The van der Waals surface area contributed by atoms with Crippen molar-refractivity contribution in [3.8, 4) is 17.1 Å². The lowest BCUT2D eigenvalue weighted by Gasteiger charge is -2.33. The molecule has 1 atom stereocenters. The second-order valence-corrected chi connectivity index (χ2v) is 9.95. The number of anilines is 1. The summed E-state index contributed by atoms with van der Waals surface area (Å²) in [5.74, 6) is 1.22. The molecule has 188 valence electrons. The SMILES string of the molecule is C=CC(=O)N1CCC(N[C@H]2CCc3cc(-n4c(-c5cccnc5N)nc5ccc(C)nc54)ccc32)CC1. The number of benzene rings is 1. The average molecular weight is 494 g/mol. The number of nitrogens with one attached hydrogen (secondary N) is 1. The molecule has 1 aliphatic heterocycles. The number of imidazole rings is 1. The molecule has 1 aromatic carbocycles. The molecule has 8 heteroatoms. The molecule has 1 amide bonds. The first-order valence-corrected chi connectivity index (χ1v) is 12.9. The Kier molecular flexibility index (Phi) is 5.96. The van der Waals surface area contributed by atoms with Gasteiger partial charge in [-0.15, -0.1) is 0 Å². The Bertz CT molecular complexity index is 1500. The van der Waals surface area contributed by atoms with Crippen molar-refractivity contribution in [2.45, 2.75) is 44.7 Å². The highest BCUT2D eigenvalue weighted by Crippen LogP contribution is 2.36. The fraction of sp³-hybridized carbons (Fsp3) is 0.310. The van der Waals surface area contributed by atoms with Gasteiger partial charge in [0.15, 0.2) is 11.5 Å². The number of amides is 1. The largest absolute Gasteiger partial charge is 0.383 e. The molecular weight excluding hydrogens is 462 g/mol. The third-order valence-corrected chi connectivity index (χ3v) is 7.60. The molecule has 1 saturated heterocycles. The van der Waals surface area contributed by atoms with Crippen molar-refractivity contribution in [3.63, 3.8) is 0 Å². The van der Waals surface area contributed by atoms with E-state index in [0.717, 1.165) is 72.7 Å². The van der Waals surface area contributed by atoms with Crippen LogP contribution in [-0.4, -0.2) is 49.5 Å². The number of rotatable bonds is 5. The highest BCUT2D eigenvalue weighted by molar-refractivity contribution is 5.87. The van der Waals surface area contributed by atoms with Gasteiger partial charge in [-0.1, -0.05) is 12.6 Å². The van der Waals surface area contributed by atoms with Crippen molar-refractivity contribution in [1.82, 2.24) is 29.7 Å². The molecule has 0 saturated carbocycles. The van der Waals surface area contributed by atoms with Crippen molar-refractivity contribution >= 4 is 22.9 Å². The lowest BCUT2D eigenvalue weighted by Crippen LogP contribution is -2.45. The number of nitrogens with zero attached hydrogens (tertiary/aromatic N) is 5. The number of hydrogen-bond donors (Lipinski definition) is 2. The number of pyridine rings is 2. The number of carbonyl (C=O) groups excluding carboxylic acids is 1. The molecule has 6 rings (SSSR count). The van der Waals surface area contributed by atoms with Crippen LogP contribution in [0.4, 0.5) is 5.82 Å². The van der Waals surface area contributed by atoms with Gasteiger partial charge in [0.1, 0.15) is 11.3 Å². The molecular formula is C29H31N7O. The molecule has 1 aliphatic carbocycles. The highest BCUT2D eigenvalue weighted by Gasteiger charge is 2.28. The Morgan fingerprint density at radius 3 is 2.76 bits per heavy atom. The summed E-state index contributed by atoms with van der Waals surface area (Å²) < 4.78 is 2.10. The molecule has 4 heterocycles. The maximum Gasteiger partial charge on any atom is 0.245 e. The van der Waals surface area contributed by atoms with Crippen molar-refractivity contribution in [2.24, 2.45) is 0 Å². The molecule has 8 nitrogen and oxygen atoms in total. The lowest BCUT2D eigenvalue weighted by molar-refractivity contribution is -0.127. The van der Waals surface area contributed by atoms with Crippen LogP contribution < -0.4 is 11.1 Å². The summed E-state index contributed by atoms with van der Waals surface area (Å²) >= 11 is 0. The zero-order valence-electron chi connectivity index (χ0n) is 21.0. The van der Waals surface area contributed by atoms with E-state index in [1.165, 1.54) is 17.2 Å². The third kappa shape index (κ3) is 4.27. The molecule has 0 spiro atoms. The Morgan fingerprint density at radius 2 is 1.97 bits per heavy atom. The van der Waals surface area contributed by atoms with Crippen LogP contribution >= 0.6 is 0 Å². The van der Waals surface area contributed by atoms with Crippen LogP contribution in [-0.2, 0) is 11.2 Å². The number of likely N-dealkylation sites (tertiary alicyclic amines) is 1. The van der Waals surface area contributed by atoms with Crippen molar-refractivity contribution in [2.75, 3.05) is 18.8 Å². The fourth-order valence-electron chi connectivity index (χ4n) is 5.68. The van der Waals surface area contributed by atoms with Gasteiger partial charge in [-0.2, -0.15) is 0 Å². The normalized spacial score (nSPS) is 17.8. The minimum atomic E-state index is 0.0290. The van der Waals surface area contributed by atoms with E-state index in [9.17, 15) is 4.79 Å². The Morgan fingerprint density at radius 1 is 1.14 bits per heavy atom. The van der Waals surface area contributed by atoms with Crippen molar-refractivity contribution < 1.29 is 4.79 Å². The summed E-state index contributed by atoms with van der Waals surface area (Å²) in [7, 11) is 0. The summed E-state index contributed by atoms with van der Waals surface area (Å²) in [5.41, 5.74) is 13.3. The predicted molar refractivity (Wildman–Crippen MR) is 145 cm³/mol. The molecule has 4 aromatic rings. The molecule has 3 aromatic heterocycles. The summed E-state index contributed by atoms with van der Waals surface area (Å²) in [5, 5.41) is 3.87. The second-order valence-electron chi connectivity index (χ2n) is 9.95. The molecule has 2 aliphatic rings. The number of aromatic nitrogens is 4. The van der Waals surface area contributed by atoms with E-state index in [4.69, 9.17) is 15.7 Å². The van der Waals surface area contributed by atoms with E-state index in [1.54, 1.807) is 6.20 Å². The number of hydrogen-bond acceptors (Lipinski definition) is 6. The van der Waals surface area contributed by atoms with Crippen molar-refractivity contribution in [1.29, 1.82) is 0 Å². The number of aryl methyl sites for hydroxylation is 2. The first-order chi connectivity index (χ1) is 18.0. The number of nitrogens with two attached hydrogens (primary N) is 1. The van der Waals surface area contributed by atoms with Crippen LogP contribution in [0.15, 0.2) is 61.3 Å². The Balaban J connectivity index is 1.31. The maximum absolute atomic E-state index is 11.9. The van der Waals surface area contributed by atoms with Crippen LogP contribution in [0.1, 0.15) is 42.1 Å². The quantitative estimate of drug-likeness (QED) is 0.406. The number of fused-ring (bicyclic) bond motifs is 2. The van der Waals surface area contributed by atoms with E-state index in [1.807, 2.05) is 36.1 Å². The van der Waals surface area contributed by atoms with Gasteiger partial charge in [-0.3, -0.25) is 9.36 Å². The molecule has 0 unspecified atom stereocenters. The zero-order chi connectivity index (χ0) is 25.5. The Labute approximate surface area is 216 Å². The summed E-state index contributed by atoms with van der Waals surface area (Å²) in [6, 6.07) is 15.2. The van der Waals surface area contributed by atoms with E-state index < -0.39 is 0 Å². The maximum atomic E-state index is 11.9. The second kappa shape index (κ2) is 9.44. The van der Waals surface area contributed by atoms with E-state index in [-0.39, 0.29) is 5.91 Å². The minimum absolute atomic E-state index is 0.0290. The molecule has 1 fully saturated rings. The minimum Gasteiger partial charge on any atom is -0.383 e.